The summed E-state index contributed by atoms with van der Waals surface area (Å²) in [5.41, 5.74) is 0. The van der Waals surface area contributed by atoms with Gasteiger partial charge in [0.05, 0.1) is 12.7 Å². The Hall–Kier alpha value is 0.340. The first-order valence-corrected chi connectivity index (χ1v) is 12.6. The molecule has 1 atom stereocenters. The van der Waals surface area contributed by atoms with Crippen LogP contribution in [0.5, 0.6) is 0 Å². The van der Waals surface area contributed by atoms with Crippen LogP contribution in [0.15, 0.2) is 0 Å². The predicted octanol–water partition coefficient (Wildman–Crippen LogP) is 3.00. The molecule has 8 heteroatoms. The van der Waals surface area contributed by atoms with Crippen LogP contribution in [0.2, 0.25) is 0 Å². The van der Waals surface area contributed by atoms with Crippen molar-refractivity contribution in [3.8, 4) is 0 Å². The molecule has 168 valence electrons. The quantitative estimate of drug-likeness (QED) is 0.134. The van der Waals surface area contributed by atoms with E-state index >= 15 is 0 Å². The van der Waals surface area contributed by atoms with Crippen LogP contribution in [0.1, 0.15) is 117 Å². The van der Waals surface area contributed by atoms with E-state index in [1.54, 1.807) is 0 Å². The maximum absolute atomic E-state index is 11.4. The Morgan fingerprint density at radius 2 is 1.28 bits per heavy atom. The zero-order chi connectivity index (χ0) is 21.1. The van der Waals surface area contributed by atoms with E-state index < -0.39 is 16.5 Å². The Kier molecular flexibility index (Phi) is 23.4. The predicted molar refractivity (Wildman–Crippen MR) is 113 cm³/mol. The first-order valence-electron chi connectivity index (χ1n) is 11.2. The fourth-order valence-electron chi connectivity index (χ4n) is 3.20. The third kappa shape index (κ3) is 24.5. The van der Waals surface area contributed by atoms with Crippen LogP contribution in [-0.4, -0.2) is 31.7 Å². The smallest absolute Gasteiger partial charge is 0.466 e. The largest absolute Gasteiger partial charge is 1.00 e. The molecule has 0 aromatic rings. The first kappa shape index (κ1) is 31.5. The second-order valence-corrected chi connectivity index (χ2v) is 8.63. The van der Waals surface area contributed by atoms with Gasteiger partial charge in [0.25, 0.3) is 0 Å². The monoisotopic (exact) mass is 445 g/mol. The van der Waals surface area contributed by atoms with Crippen molar-refractivity contribution in [3.63, 3.8) is 0 Å². The van der Waals surface area contributed by atoms with Crippen molar-refractivity contribution >= 4 is 16.4 Å². The molecular weight excluding hydrogens is 403 g/mol. The molecule has 0 aromatic carbocycles. The van der Waals surface area contributed by atoms with E-state index in [0.717, 1.165) is 57.8 Å². The van der Waals surface area contributed by atoms with E-state index in [1.807, 2.05) is 6.92 Å². The van der Waals surface area contributed by atoms with Gasteiger partial charge < -0.3 is 4.74 Å². The third-order valence-corrected chi connectivity index (χ3v) is 5.28. The molecule has 0 radical (unpaired) electrons. The summed E-state index contributed by atoms with van der Waals surface area (Å²) < 4.78 is 40.9. The van der Waals surface area contributed by atoms with Crippen molar-refractivity contribution in [1.29, 1.82) is 0 Å². The maximum Gasteiger partial charge on any atom is 1.00 e. The van der Waals surface area contributed by atoms with Gasteiger partial charge in [-0.1, -0.05) is 84.5 Å². The molecule has 0 amide bonds. The van der Waals surface area contributed by atoms with Crippen LogP contribution in [0.25, 0.3) is 0 Å². The van der Waals surface area contributed by atoms with Gasteiger partial charge in [0.1, 0.15) is 0 Å². The van der Waals surface area contributed by atoms with Gasteiger partial charge in [-0.15, -0.1) is 0 Å². The summed E-state index contributed by atoms with van der Waals surface area (Å²) in [5, 5.41) is 0. The Balaban J connectivity index is 0. The minimum Gasteiger partial charge on any atom is -0.466 e. The van der Waals surface area contributed by atoms with Gasteiger partial charge in [-0.25, -0.2) is 4.18 Å². The standard InChI is InChI=1S/C21H42O6S.Na/c1-3-5-6-7-10-13-16-20(27-28(23,24)25)17-14-11-8-9-12-15-18-21(22)26-19-4-2;/h20H,3-19H2,1-2H3,(H,23,24,25);/q;+1. The van der Waals surface area contributed by atoms with Crippen molar-refractivity contribution in [2.45, 2.75) is 123 Å². The molecule has 6 nitrogen and oxygen atoms in total. The molecule has 0 rings (SSSR count). The second kappa shape index (κ2) is 21.6. The van der Waals surface area contributed by atoms with Crippen molar-refractivity contribution in [2.24, 2.45) is 0 Å². The Bertz CT molecular complexity index is 470. The molecule has 0 fully saturated rings. The molecule has 0 spiro atoms. The minimum atomic E-state index is -4.39. The number of unbranched alkanes of at least 4 members (excludes halogenated alkanes) is 10. The van der Waals surface area contributed by atoms with E-state index in [2.05, 4.69) is 6.92 Å². The summed E-state index contributed by atoms with van der Waals surface area (Å²) in [6, 6.07) is 0. The summed E-state index contributed by atoms with van der Waals surface area (Å²) in [5.74, 6) is -0.109. The number of rotatable bonds is 20. The van der Waals surface area contributed by atoms with Crippen LogP contribution in [0.3, 0.4) is 0 Å². The van der Waals surface area contributed by atoms with Gasteiger partial charge in [-0.2, -0.15) is 8.42 Å². The van der Waals surface area contributed by atoms with E-state index in [4.69, 9.17) is 13.5 Å². The first-order chi connectivity index (χ1) is 13.4. The molecule has 0 aliphatic carbocycles. The molecule has 0 saturated carbocycles. The van der Waals surface area contributed by atoms with E-state index in [0.29, 0.717) is 25.9 Å². The second-order valence-electron chi connectivity index (χ2n) is 7.58. The summed E-state index contributed by atoms with van der Waals surface area (Å²) in [7, 11) is -4.39. The SMILES string of the molecule is CCCCCCCCC(CCCCCCCCC(=O)OCCC)OS(=O)(=O)O.[Na+]. The number of carbonyl (C=O) groups is 1. The van der Waals surface area contributed by atoms with Gasteiger partial charge in [0, 0.05) is 6.42 Å². The molecule has 0 aromatic heterocycles. The van der Waals surface area contributed by atoms with E-state index in [9.17, 15) is 13.2 Å². The van der Waals surface area contributed by atoms with E-state index in [1.165, 1.54) is 25.7 Å². The fraction of sp³-hybridized carbons (Fsp3) is 0.952. The number of hydrogen-bond acceptors (Lipinski definition) is 5. The van der Waals surface area contributed by atoms with Crippen LogP contribution in [0.4, 0.5) is 0 Å². The van der Waals surface area contributed by atoms with Crippen molar-refractivity contribution in [2.75, 3.05) is 6.61 Å². The number of carbonyl (C=O) groups excluding carboxylic acids is 1. The molecule has 0 saturated heterocycles. The Morgan fingerprint density at radius 1 is 0.793 bits per heavy atom. The van der Waals surface area contributed by atoms with Gasteiger partial charge in [0.15, 0.2) is 0 Å². The van der Waals surface area contributed by atoms with Gasteiger partial charge in [-0.3, -0.25) is 9.35 Å². The topological polar surface area (TPSA) is 89.9 Å². The zero-order valence-corrected chi connectivity index (χ0v) is 21.8. The molecule has 1 N–H and O–H groups in total. The number of ether oxygens (including phenoxy) is 1. The summed E-state index contributed by atoms with van der Waals surface area (Å²) in [4.78, 5) is 11.4. The average molecular weight is 446 g/mol. The molecule has 0 heterocycles. The van der Waals surface area contributed by atoms with Crippen molar-refractivity contribution < 1.29 is 56.2 Å². The van der Waals surface area contributed by atoms with Crippen molar-refractivity contribution in [3.05, 3.63) is 0 Å². The summed E-state index contributed by atoms with van der Waals surface area (Å²) in [6.07, 6.45) is 14.9. The van der Waals surface area contributed by atoms with Crippen LogP contribution in [0, 0.1) is 0 Å². The summed E-state index contributed by atoms with van der Waals surface area (Å²) >= 11 is 0. The van der Waals surface area contributed by atoms with Gasteiger partial charge in [-0.05, 0) is 25.7 Å². The zero-order valence-electron chi connectivity index (χ0n) is 19.0. The normalized spacial score (nSPS) is 12.4. The Morgan fingerprint density at radius 3 is 1.76 bits per heavy atom. The number of esters is 1. The third-order valence-electron chi connectivity index (χ3n) is 4.76. The molecular formula is C21H42NaO6S+. The molecule has 0 bridgehead atoms. The summed E-state index contributed by atoms with van der Waals surface area (Å²) in [6.45, 7) is 4.66. The van der Waals surface area contributed by atoms with Gasteiger partial charge in [0.2, 0.25) is 0 Å². The number of hydrogen-bond donors (Lipinski definition) is 1. The Labute approximate surface area is 201 Å². The molecule has 0 aliphatic heterocycles. The van der Waals surface area contributed by atoms with Crippen LogP contribution in [-0.2, 0) is 24.1 Å². The van der Waals surface area contributed by atoms with E-state index in [-0.39, 0.29) is 35.5 Å². The maximum atomic E-state index is 11.4. The fourth-order valence-corrected chi connectivity index (χ4v) is 3.74. The average Bonchev–Trinajstić information content (AvgIpc) is 2.63. The minimum absolute atomic E-state index is 0. The molecule has 0 aliphatic rings. The van der Waals surface area contributed by atoms with Crippen molar-refractivity contribution in [1.82, 2.24) is 0 Å². The van der Waals surface area contributed by atoms with Gasteiger partial charge >= 0.3 is 45.9 Å². The van der Waals surface area contributed by atoms with Crippen LogP contribution >= 0.6 is 0 Å². The molecule has 1 unspecified atom stereocenters. The molecule has 29 heavy (non-hydrogen) atoms. The van der Waals surface area contributed by atoms with Crippen LogP contribution < -0.4 is 29.6 Å².